The third kappa shape index (κ3) is 4.83. The number of fused-ring (bicyclic) bond motifs is 2. The van der Waals surface area contributed by atoms with Crippen molar-refractivity contribution in [3.8, 4) is 0 Å². The van der Waals surface area contributed by atoms with Crippen LogP contribution < -0.4 is 10.6 Å². The van der Waals surface area contributed by atoms with E-state index in [2.05, 4.69) is 29.4 Å². The molecule has 5 heteroatoms. The molecule has 23 heavy (non-hydrogen) atoms. The zero-order valence-electron chi connectivity index (χ0n) is 14.9. The molecule has 3 unspecified atom stereocenters. The second-order valence-corrected chi connectivity index (χ2v) is 7.50. The van der Waals surface area contributed by atoms with E-state index in [0.29, 0.717) is 18.2 Å². The summed E-state index contributed by atoms with van der Waals surface area (Å²) in [5, 5.41) is 6.98. The van der Waals surface area contributed by atoms with Gasteiger partial charge in [-0.25, -0.2) is 0 Å². The summed E-state index contributed by atoms with van der Waals surface area (Å²) in [6.45, 7) is 10.0. The third-order valence-electron chi connectivity index (χ3n) is 5.55. The normalized spacial score (nSPS) is 32.4. The highest BCUT2D eigenvalue weighted by atomic mass is 16.5. The molecular weight excluding hydrogens is 288 g/mol. The van der Waals surface area contributed by atoms with Crippen LogP contribution in [0.3, 0.4) is 0 Å². The van der Waals surface area contributed by atoms with Gasteiger partial charge in [-0.3, -0.25) is 4.99 Å². The number of ether oxygens (including phenoxy) is 1. The zero-order chi connectivity index (χ0) is 16.1. The highest BCUT2D eigenvalue weighted by Gasteiger charge is 2.41. The van der Waals surface area contributed by atoms with Crippen molar-refractivity contribution in [2.24, 2.45) is 10.9 Å². The monoisotopic (exact) mass is 322 g/mol. The predicted molar refractivity (Wildman–Crippen MR) is 94.9 cm³/mol. The summed E-state index contributed by atoms with van der Waals surface area (Å²) in [7, 11) is 0. The Balaban J connectivity index is 1.38. The SMILES string of the molecule is CCNC(=NCCCN1CCC(C)CC1)NC1CC2CCC1O2. The van der Waals surface area contributed by atoms with Crippen LogP contribution in [0.15, 0.2) is 4.99 Å². The van der Waals surface area contributed by atoms with Crippen molar-refractivity contribution in [3.63, 3.8) is 0 Å². The first-order valence-corrected chi connectivity index (χ1v) is 9.67. The van der Waals surface area contributed by atoms with Crippen LogP contribution in [0.4, 0.5) is 0 Å². The number of rotatable bonds is 6. The maximum Gasteiger partial charge on any atom is 0.191 e. The molecule has 2 bridgehead atoms. The van der Waals surface area contributed by atoms with Crippen molar-refractivity contribution in [2.75, 3.05) is 32.7 Å². The van der Waals surface area contributed by atoms with Crippen LogP contribution in [0.25, 0.3) is 0 Å². The van der Waals surface area contributed by atoms with Crippen molar-refractivity contribution in [1.82, 2.24) is 15.5 Å². The first kappa shape index (κ1) is 17.0. The number of hydrogen-bond acceptors (Lipinski definition) is 3. The molecule has 5 nitrogen and oxygen atoms in total. The van der Waals surface area contributed by atoms with Crippen LogP contribution in [0.2, 0.25) is 0 Å². The lowest BCUT2D eigenvalue weighted by molar-refractivity contribution is 0.0992. The van der Waals surface area contributed by atoms with Crippen LogP contribution in [0, 0.1) is 5.92 Å². The van der Waals surface area contributed by atoms with E-state index in [1.54, 1.807) is 0 Å². The zero-order valence-corrected chi connectivity index (χ0v) is 14.9. The lowest BCUT2D eigenvalue weighted by atomic mass is 9.96. The third-order valence-corrected chi connectivity index (χ3v) is 5.55. The van der Waals surface area contributed by atoms with Crippen molar-refractivity contribution >= 4 is 5.96 Å². The summed E-state index contributed by atoms with van der Waals surface area (Å²) in [6, 6.07) is 0.454. The minimum absolute atomic E-state index is 0.402. The van der Waals surface area contributed by atoms with E-state index in [4.69, 9.17) is 9.73 Å². The molecule has 3 heterocycles. The van der Waals surface area contributed by atoms with Gasteiger partial charge in [0.15, 0.2) is 5.96 Å². The van der Waals surface area contributed by atoms with Gasteiger partial charge in [0.25, 0.3) is 0 Å². The molecule has 3 saturated heterocycles. The molecule has 0 saturated carbocycles. The van der Waals surface area contributed by atoms with Crippen LogP contribution in [-0.2, 0) is 4.74 Å². The topological polar surface area (TPSA) is 48.9 Å². The maximum absolute atomic E-state index is 5.93. The quantitative estimate of drug-likeness (QED) is 0.446. The molecule has 3 atom stereocenters. The van der Waals surface area contributed by atoms with Crippen molar-refractivity contribution in [3.05, 3.63) is 0 Å². The van der Waals surface area contributed by atoms with Crippen molar-refractivity contribution in [2.45, 2.75) is 70.6 Å². The summed E-state index contributed by atoms with van der Waals surface area (Å²) < 4.78 is 5.93. The Morgan fingerprint density at radius 2 is 2.04 bits per heavy atom. The molecular formula is C18H34N4O. The molecule has 3 aliphatic heterocycles. The number of guanidine groups is 1. The minimum Gasteiger partial charge on any atom is -0.373 e. The predicted octanol–water partition coefficient (Wildman–Crippen LogP) is 1.98. The van der Waals surface area contributed by atoms with Gasteiger partial charge in [0.1, 0.15) is 0 Å². The van der Waals surface area contributed by atoms with Gasteiger partial charge >= 0.3 is 0 Å². The van der Waals surface area contributed by atoms with E-state index < -0.39 is 0 Å². The van der Waals surface area contributed by atoms with Gasteiger partial charge in [-0.1, -0.05) is 6.92 Å². The second kappa shape index (κ2) is 8.34. The summed E-state index contributed by atoms with van der Waals surface area (Å²) in [4.78, 5) is 7.37. The van der Waals surface area contributed by atoms with E-state index in [1.807, 2.05) is 0 Å². The van der Waals surface area contributed by atoms with Crippen molar-refractivity contribution in [1.29, 1.82) is 0 Å². The Bertz CT molecular complexity index is 392. The highest BCUT2D eigenvalue weighted by molar-refractivity contribution is 5.80. The average molecular weight is 322 g/mol. The lowest BCUT2D eigenvalue weighted by Crippen LogP contribution is -2.47. The Hall–Kier alpha value is -0.810. The number of piperidine rings is 1. The number of nitrogens with zero attached hydrogens (tertiary/aromatic N) is 2. The van der Waals surface area contributed by atoms with E-state index in [9.17, 15) is 0 Å². The summed E-state index contributed by atoms with van der Waals surface area (Å²) in [5.41, 5.74) is 0. The van der Waals surface area contributed by atoms with Gasteiger partial charge in [0.05, 0.1) is 18.2 Å². The fraction of sp³-hybridized carbons (Fsp3) is 0.944. The lowest BCUT2D eigenvalue weighted by Gasteiger charge is -2.29. The van der Waals surface area contributed by atoms with Crippen LogP contribution >= 0.6 is 0 Å². The van der Waals surface area contributed by atoms with Crippen LogP contribution in [0.1, 0.15) is 52.4 Å². The van der Waals surface area contributed by atoms with Gasteiger partial charge in [-0.05, 0) is 71.0 Å². The molecule has 0 spiro atoms. The minimum atomic E-state index is 0.402. The Labute approximate surface area is 141 Å². The fourth-order valence-corrected chi connectivity index (χ4v) is 4.06. The fourth-order valence-electron chi connectivity index (χ4n) is 4.06. The molecule has 0 radical (unpaired) electrons. The molecule has 3 aliphatic rings. The highest BCUT2D eigenvalue weighted by Crippen LogP contribution is 2.34. The first-order chi connectivity index (χ1) is 11.2. The van der Waals surface area contributed by atoms with Crippen molar-refractivity contribution < 1.29 is 4.74 Å². The summed E-state index contributed by atoms with van der Waals surface area (Å²) in [6.07, 6.45) is 8.34. The molecule has 0 aromatic rings. The molecule has 0 aliphatic carbocycles. The Kier molecular flexibility index (Phi) is 6.17. The second-order valence-electron chi connectivity index (χ2n) is 7.50. The number of nitrogens with one attached hydrogen (secondary N) is 2. The summed E-state index contributed by atoms with van der Waals surface area (Å²) >= 11 is 0. The Morgan fingerprint density at radius 1 is 1.22 bits per heavy atom. The molecule has 0 aromatic carbocycles. The van der Waals surface area contributed by atoms with Gasteiger partial charge in [0, 0.05) is 13.1 Å². The van der Waals surface area contributed by atoms with E-state index in [-0.39, 0.29) is 0 Å². The molecule has 3 fully saturated rings. The molecule has 2 N–H and O–H groups in total. The molecule has 0 amide bonds. The molecule has 0 aromatic heterocycles. The molecule has 132 valence electrons. The van der Waals surface area contributed by atoms with Gasteiger partial charge in [0.2, 0.25) is 0 Å². The first-order valence-electron chi connectivity index (χ1n) is 9.67. The largest absolute Gasteiger partial charge is 0.373 e. The van der Waals surface area contributed by atoms with E-state index >= 15 is 0 Å². The number of aliphatic imine (C=N–C) groups is 1. The number of likely N-dealkylation sites (tertiary alicyclic amines) is 1. The van der Waals surface area contributed by atoms with E-state index in [1.165, 1.54) is 45.3 Å². The van der Waals surface area contributed by atoms with Gasteiger partial charge in [-0.2, -0.15) is 0 Å². The summed E-state index contributed by atoms with van der Waals surface area (Å²) in [5.74, 6) is 1.89. The van der Waals surface area contributed by atoms with Crippen LogP contribution in [0.5, 0.6) is 0 Å². The number of hydrogen-bond donors (Lipinski definition) is 2. The maximum atomic E-state index is 5.93. The average Bonchev–Trinajstić information content (AvgIpc) is 3.16. The Morgan fingerprint density at radius 3 is 2.70 bits per heavy atom. The standard InChI is InChI=1S/C18H34N4O/c1-3-19-18(21-16-13-15-5-6-17(16)23-15)20-9-4-10-22-11-7-14(2)8-12-22/h14-17H,3-13H2,1-2H3,(H2,19,20,21). The van der Waals surface area contributed by atoms with Gasteiger partial charge < -0.3 is 20.3 Å². The molecule has 3 rings (SSSR count). The smallest absolute Gasteiger partial charge is 0.191 e. The van der Waals surface area contributed by atoms with Crippen LogP contribution in [-0.4, -0.2) is 61.8 Å². The van der Waals surface area contributed by atoms with E-state index in [0.717, 1.165) is 37.8 Å². The van der Waals surface area contributed by atoms with Gasteiger partial charge in [-0.15, -0.1) is 0 Å².